The second-order valence-corrected chi connectivity index (χ2v) is 2.20. The van der Waals surface area contributed by atoms with Crippen molar-refractivity contribution in [3.63, 3.8) is 0 Å². The van der Waals surface area contributed by atoms with Crippen molar-refractivity contribution in [1.29, 1.82) is 0 Å². The van der Waals surface area contributed by atoms with Crippen LogP contribution in [-0.4, -0.2) is 39.9 Å². The van der Waals surface area contributed by atoms with Crippen LogP contribution in [0.1, 0.15) is 13.3 Å². The molecule has 4 heteroatoms. The lowest BCUT2D eigenvalue weighted by Gasteiger charge is -2.09. The van der Waals surface area contributed by atoms with E-state index in [1.54, 1.807) is 0 Å². The Morgan fingerprint density at radius 1 is 1.50 bits per heavy atom. The van der Waals surface area contributed by atoms with Crippen LogP contribution >= 0.6 is 0 Å². The van der Waals surface area contributed by atoms with Crippen LogP contribution in [-0.2, 0) is 4.79 Å². The van der Waals surface area contributed by atoms with Crippen LogP contribution in [0, 0.1) is 0 Å². The third kappa shape index (κ3) is 3.55. The minimum Gasteiger partial charge on any atom is -0.394 e. The van der Waals surface area contributed by atoms with E-state index in [1.807, 2.05) is 0 Å². The lowest BCUT2D eigenvalue weighted by Crippen LogP contribution is -2.25. The Morgan fingerprint density at radius 2 is 2.00 bits per heavy atom. The van der Waals surface area contributed by atoms with Gasteiger partial charge in [0.2, 0.25) is 0 Å². The first kappa shape index (κ1) is 9.55. The highest BCUT2D eigenvalue weighted by atomic mass is 16.3. The molecule has 60 valence electrons. The van der Waals surface area contributed by atoms with Crippen molar-refractivity contribution in [3.05, 3.63) is 0 Å². The SMILES string of the molecule is CC(=O)[C@@H](O)C[C@H](O)CO. The van der Waals surface area contributed by atoms with Crippen LogP contribution in [0.2, 0.25) is 0 Å². The molecule has 0 aliphatic heterocycles. The van der Waals surface area contributed by atoms with Crippen molar-refractivity contribution in [2.24, 2.45) is 0 Å². The molecule has 0 amide bonds. The molecule has 10 heavy (non-hydrogen) atoms. The summed E-state index contributed by atoms with van der Waals surface area (Å²) in [7, 11) is 0. The largest absolute Gasteiger partial charge is 0.394 e. The minimum absolute atomic E-state index is 0.0914. The fourth-order valence-electron chi connectivity index (χ4n) is 0.498. The molecule has 0 aromatic heterocycles. The fourth-order valence-corrected chi connectivity index (χ4v) is 0.498. The summed E-state index contributed by atoms with van der Waals surface area (Å²) < 4.78 is 0. The molecule has 0 fully saturated rings. The van der Waals surface area contributed by atoms with Crippen LogP contribution in [0.15, 0.2) is 0 Å². The van der Waals surface area contributed by atoms with E-state index in [-0.39, 0.29) is 6.42 Å². The topological polar surface area (TPSA) is 77.8 Å². The maximum absolute atomic E-state index is 10.4. The lowest BCUT2D eigenvalue weighted by molar-refractivity contribution is -0.126. The quantitative estimate of drug-likeness (QED) is 0.462. The predicted octanol–water partition coefficient (Wildman–Crippen LogP) is -1.32. The van der Waals surface area contributed by atoms with Crippen LogP contribution in [0.4, 0.5) is 0 Å². The Labute approximate surface area is 59.1 Å². The molecule has 4 nitrogen and oxygen atoms in total. The summed E-state index contributed by atoms with van der Waals surface area (Å²) in [5, 5.41) is 25.8. The molecule has 0 saturated heterocycles. The van der Waals surface area contributed by atoms with Crippen molar-refractivity contribution < 1.29 is 20.1 Å². The van der Waals surface area contributed by atoms with Gasteiger partial charge in [-0.25, -0.2) is 0 Å². The number of aliphatic hydroxyl groups is 3. The number of ketones is 1. The molecule has 0 radical (unpaired) electrons. The van der Waals surface area contributed by atoms with Crippen molar-refractivity contribution >= 4 is 5.78 Å². The summed E-state index contributed by atoms with van der Waals surface area (Å²) in [5.41, 5.74) is 0. The van der Waals surface area contributed by atoms with Gasteiger partial charge in [0.05, 0.1) is 12.7 Å². The number of Topliss-reactive ketones (excluding diaryl/α,β-unsaturated/α-hetero) is 1. The molecule has 0 aliphatic rings. The average Bonchev–Trinajstić information content (AvgIpc) is 1.87. The van der Waals surface area contributed by atoms with Gasteiger partial charge in [0.25, 0.3) is 0 Å². The van der Waals surface area contributed by atoms with E-state index in [0.717, 1.165) is 0 Å². The molecule has 2 atom stereocenters. The summed E-state index contributed by atoms with van der Waals surface area (Å²) in [5.74, 6) is -0.396. The van der Waals surface area contributed by atoms with E-state index in [0.29, 0.717) is 0 Å². The van der Waals surface area contributed by atoms with Gasteiger partial charge >= 0.3 is 0 Å². The molecular weight excluding hydrogens is 136 g/mol. The summed E-state index contributed by atoms with van der Waals surface area (Å²) in [6, 6.07) is 0. The molecule has 0 aromatic rings. The van der Waals surface area contributed by atoms with Gasteiger partial charge in [-0.15, -0.1) is 0 Å². The van der Waals surface area contributed by atoms with Crippen LogP contribution in [0.25, 0.3) is 0 Å². The molecular formula is C6H12O4. The number of carbonyl (C=O) groups is 1. The normalized spacial score (nSPS) is 16.4. The first-order chi connectivity index (χ1) is 4.57. The summed E-state index contributed by atoms with van der Waals surface area (Å²) in [4.78, 5) is 10.4. The van der Waals surface area contributed by atoms with Gasteiger partial charge in [0, 0.05) is 6.42 Å². The second-order valence-electron chi connectivity index (χ2n) is 2.20. The zero-order chi connectivity index (χ0) is 8.15. The van der Waals surface area contributed by atoms with E-state index in [1.165, 1.54) is 6.92 Å². The smallest absolute Gasteiger partial charge is 0.158 e. The van der Waals surface area contributed by atoms with E-state index >= 15 is 0 Å². The molecule has 0 rings (SSSR count). The average molecular weight is 148 g/mol. The van der Waals surface area contributed by atoms with Gasteiger partial charge in [-0.05, 0) is 6.92 Å². The first-order valence-electron chi connectivity index (χ1n) is 3.05. The lowest BCUT2D eigenvalue weighted by atomic mass is 10.1. The highest BCUT2D eigenvalue weighted by molar-refractivity contribution is 5.80. The highest BCUT2D eigenvalue weighted by Gasteiger charge is 2.14. The predicted molar refractivity (Wildman–Crippen MR) is 34.4 cm³/mol. The van der Waals surface area contributed by atoms with E-state index in [4.69, 9.17) is 15.3 Å². The molecule has 0 heterocycles. The Bertz CT molecular complexity index is 112. The van der Waals surface area contributed by atoms with Crippen LogP contribution in [0.3, 0.4) is 0 Å². The van der Waals surface area contributed by atoms with Crippen molar-refractivity contribution in [3.8, 4) is 0 Å². The number of hydrogen-bond donors (Lipinski definition) is 3. The molecule has 0 aromatic carbocycles. The van der Waals surface area contributed by atoms with Gasteiger partial charge < -0.3 is 15.3 Å². The molecule has 3 N–H and O–H groups in total. The van der Waals surface area contributed by atoms with Gasteiger partial charge in [-0.1, -0.05) is 0 Å². The monoisotopic (exact) mass is 148 g/mol. The second kappa shape index (κ2) is 4.38. The Hall–Kier alpha value is -0.450. The fraction of sp³-hybridized carbons (Fsp3) is 0.833. The van der Waals surface area contributed by atoms with Gasteiger partial charge in [0.1, 0.15) is 6.10 Å². The maximum atomic E-state index is 10.4. The summed E-state index contributed by atoms with van der Waals surface area (Å²) in [6.07, 6.45) is -2.24. The van der Waals surface area contributed by atoms with Crippen molar-refractivity contribution in [1.82, 2.24) is 0 Å². The molecule has 0 aliphatic carbocycles. The first-order valence-corrected chi connectivity index (χ1v) is 3.05. The number of aliphatic hydroxyl groups excluding tert-OH is 3. The highest BCUT2D eigenvalue weighted by Crippen LogP contribution is 1.97. The van der Waals surface area contributed by atoms with Crippen LogP contribution < -0.4 is 0 Å². The van der Waals surface area contributed by atoms with Crippen molar-refractivity contribution in [2.45, 2.75) is 25.6 Å². The van der Waals surface area contributed by atoms with Crippen LogP contribution in [0.5, 0.6) is 0 Å². The zero-order valence-corrected chi connectivity index (χ0v) is 5.82. The molecule has 0 unspecified atom stereocenters. The zero-order valence-electron chi connectivity index (χ0n) is 5.82. The van der Waals surface area contributed by atoms with Gasteiger partial charge in [-0.2, -0.15) is 0 Å². The van der Waals surface area contributed by atoms with E-state index in [2.05, 4.69) is 0 Å². The van der Waals surface area contributed by atoms with Gasteiger partial charge in [0.15, 0.2) is 5.78 Å². The molecule has 0 spiro atoms. The molecule has 0 saturated carbocycles. The van der Waals surface area contributed by atoms with Crippen molar-refractivity contribution in [2.75, 3.05) is 6.61 Å². The number of hydrogen-bond acceptors (Lipinski definition) is 4. The number of carbonyl (C=O) groups excluding carboxylic acids is 1. The third-order valence-corrected chi connectivity index (χ3v) is 1.18. The minimum atomic E-state index is -1.15. The Balaban J connectivity index is 3.56. The summed E-state index contributed by atoms with van der Waals surface area (Å²) in [6.45, 7) is 0.805. The Kier molecular flexibility index (Phi) is 4.18. The Morgan fingerprint density at radius 3 is 2.30 bits per heavy atom. The maximum Gasteiger partial charge on any atom is 0.158 e. The van der Waals surface area contributed by atoms with E-state index in [9.17, 15) is 4.79 Å². The third-order valence-electron chi connectivity index (χ3n) is 1.18. The van der Waals surface area contributed by atoms with E-state index < -0.39 is 24.6 Å². The standard InChI is InChI=1S/C6H12O4/c1-4(8)6(10)2-5(9)3-7/h5-7,9-10H,2-3H2,1H3/t5-,6-/m0/s1. The number of rotatable bonds is 4. The van der Waals surface area contributed by atoms with Gasteiger partial charge in [-0.3, -0.25) is 4.79 Å². The summed E-state index contributed by atoms with van der Waals surface area (Å²) >= 11 is 0. The molecule has 0 bridgehead atoms.